The lowest BCUT2D eigenvalue weighted by atomic mass is 9.86. The van der Waals surface area contributed by atoms with E-state index in [9.17, 15) is 0 Å². The van der Waals surface area contributed by atoms with Gasteiger partial charge in [0.25, 0.3) is 0 Å². The molecule has 0 aromatic rings. The summed E-state index contributed by atoms with van der Waals surface area (Å²) in [6.45, 7) is 9.40. The molecule has 0 saturated heterocycles. The maximum Gasteiger partial charge on any atom is 0.00720 e. The van der Waals surface area contributed by atoms with E-state index in [0.717, 1.165) is 17.9 Å². The normalized spacial score (nSPS) is 31.2. The zero-order valence-electron chi connectivity index (χ0n) is 11.1. The molecule has 1 nitrogen and oxygen atoms in total. The lowest BCUT2D eigenvalue weighted by Crippen LogP contribution is -2.40. The minimum absolute atomic E-state index is 0.704. The fraction of sp³-hybridized carbons (Fsp3) is 1.00. The Labute approximate surface area is 96.0 Å². The molecule has 15 heavy (non-hydrogen) atoms. The van der Waals surface area contributed by atoms with E-state index >= 15 is 0 Å². The molecule has 1 heteroatoms. The van der Waals surface area contributed by atoms with Crippen molar-refractivity contribution in [2.75, 3.05) is 0 Å². The van der Waals surface area contributed by atoms with Crippen LogP contribution in [0.2, 0.25) is 0 Å². The molecule has 0 heterocycles. The highest BCUT2D eigenvalue weighted by Gasteiger charge is 2.20. The van der Waals surface area contributed by atoms with Gasteiger partial charge in [-0.1, -0.05) is 40.0 Å². The van der Waals surface area contributed by atoms with Crippen LogP contribution in [-0.4, -0.2) is 12.1 Å². The SMILES string of the molecule is CCC(C)CC(C)NC1CCCC(C)C1. The maximum atomic E-state index is 3.81. The van der Waals surface area contributed by atoms with E-state index < -0.39 is 0 Å². The Bertz CT molecular complexity index is 167. The molecule has 1 rings (SSSR count). The van der Waals surface area contributed by atoms with Gasteiger partial charge in [-0.3, -0.25) is 0 Å². The fourth-order valence-corrected chi connectivity index (χ4v) is 2.83. The lowest BCUT2D eigenvalue weighted by Gasteiger charge is -2.31. The van der Waals surface area contributed by atoms with E-state index in [4.69, 9.17) is 0 Å². The lowest BCUT2D eigenvalue weighted by molar-refractivity contribution is 0.270. The predicted molar refractivity (Wildman–Crippen MR) is 68.1 cm³/mol. The average Bonchev–Trinajstić information content (AvgIpc) is 2.17. The van der Waals surface area contributed by atoms with Crippen LogP contribution in [-0.2, 0) is 0 Å². The minimum atomic E-state index is 0.704. The predicted octanol–water partition coefficient (Wildman–Crippen LogP) is 3.98. The number of nitrogens with one attached hydrogen (secondary N) is 1. The Morgan fingerprint density at radius 1 is 1.27 bits per heavy atom. The molecule has 1 saturated carbocycles. The second kappa shape index (κ2) is 6.52. The van der Waals surface area contributed by atoms with Crippen molar-refractivity contribution in [3.63, 3.8) is 0 Å². The van der Waals surface area contributed by atoms with Crippen molar-refractivity contribution in [1.82, 2.24) is 5.32 Å². The van der Waals surface area contributed by atoms with Gasteiger partial charge < -0.3 is 5.32 Å². The van der Waals surface area contributed by atoms with Crippen LogP contribution in [0.3, 0.4) is 0 Å². The molecule has 0 radical (unpaired) electrons. The third kappa shape index (κ3) is 5.01. The van der Waals surface area contributed by atoms with Crippen molar-refractivity contribution < 1.29 is 0 Å². The molecule has 1 N–H and O–H groups in total. The zero-order chi connectivity index (χ0) is 11.3. The highest BCUT2D eigenvalue weighted by atomic mass is 14.9. The molecule has 0 aromatic heterocycles. The van der Waals surface area contributed by atoms with Gasteiger partial charge in [0, 0.05) is 12.1 Å². The molecule has 90 valence electrons. The largest absolute Gasteiger partial charge is 0.311 e. The van der Waals surface area contributed by atoms with E-state index in [1.807, 2.05) is 0 Å². The van der Waals surface area contributed by atoms with Crippen molar-refractivity contribution in [2.45, 2.75) is 78.3 Å². The van der Waals surface area contributed by atoms with Crippen LogP contribution < -0.4 is 5.32 Å². The Morgan fingerprint density at radius 3 is 2.60 bits per heavy atom. The molecular formula is C14H29N. The molecule has 4 atom stereocenters. The Morgan fingerprint density at radius 2 is 2.00 bits per heavy atom. The quantitative estimate of drug-likeness (QED) is 0.725. The average molecular weight is 211 g/mol. The van der Waals surface area contributed by atoms with Crippen LogP contribution in [0.25, 0.3) is 0 Å². The van der Waals surface area contributed by atoms with Crippen LogP contribution in [0.15, 0.2) is 0 Å². The first-order valence-corrected chi connectivity index (χ1v) is 6.87. The molecular weight excluding hydrogens is 182 g/mol. The summed E-state index contributed by atoms with van der Waals surface area (Å²) in [5.74, 6) is 1.81. The van der Waals surface area contributed by atoms with Gasteiger partial charge in [0.1, 0.15) is 0 Å². The summed E-state index contributed by atoms with van der Waals surface area (Å²) in [5.41, 5.74) is 0. The van der Waals surface area contributed by atoms with Gasteiger partial charge in [-0.2, -0.15) is 0 Å². The van der Waals surface area contributed by atoms with Crippen molar-refractivity contribution in [3.05, 3.63) is 0 Å². The summed E-state index contributed by atoms with van der Waals surface area (Å²) in [7, 11) is 0. The molecule has 1 aliphatic carbocycles. The molecule has 1 fully saturated rings. The fourth-order valence-electron chi connectivity index (χ4n) is 2.83. The maximum absolute atomic E-state index is 3.81. The van der Waals surface area contributed by atoms with Gasteiger partial charge in [-0.05, 0) is 38.0 Å². The van der Waals surface area contributed by atoms with Gasteiger partial charge in [0.2, 0.25) is 0 Å². The van der Waals surface area contributed by atoms with Crippen LogP contribution in [0.5, 0.6) is 0 Å². The summed E-state index contributed by atoms with van der Waals surface area (Å²) in [4.78, 5) is 0. The minimum Gasteiger partial charge on any atom is -0.311 e. The molecule has 0 aromatic carbocycles. The van der Waals surface area contributed by atoms with Gasteiger partial charge in [-0.15, -0.1) is 0 Å². The van der Waals surface area contributed by atoms with E-state index in [1.54, 1.807) is 0 Å². The number of hydrogen-bond donors (Lipinski definition) is 1. The Hall–Kier alpha value is -0.0400. The summed E-state index contributed by atoms with van der Waals surface area (Å²) in [6, 6.07) is 1.50. The van der Waals surface area contributed by atoms with Crippen LogP contribution in [0, 0.1) is 11.8 Å². The Balaban J connectivity index is 2.21. The number of rotatable bonds is 5. The van der Waals surface area contributed by atoms with E-state index in [1.165, 1.54) is 38.5 Å². The Kier molecular flexibility index (Phi) is 5.66. The highest BCUT2D eigenvalue weighted by Crippen LogP contribution is 2.24. The van der Waals surface area contributed by atoms with Crippen molar-refractivity contribution in [1.29, 1.82) is 0 Å². The smallest absolute Gasteiger partial charge is 0.00720 e. The highest BCUT2D eigenvalue weighted by molar-refractivity contribution is 4.78. The molecule has 0 spiro atoms. The van der Waals surface area contributed by atoms with Crippen LogP contribution in [0.1, 0.15) is 66.2 Å². The number of hydrogen-bond acceptors (Lipinski definition) is 1. The van der Waals surface area contributed by atoms with Gasteiger partial charge in [0.15, 0.2) is 0 Å². The zero-order valence-corrected chi connectivity index (χ0v) is 11.1. The van der Waals surface area contributed by atoms with Crippen molar-refractivity contribution in [3.8, 4) is 0 Å². The monoisotopic (exact) mass is 211 g/mol. The summed E-state index contributed by atoms with van der Waals surface area (Å²) >= 11 is 0. The van der Waals surface area contributed by atoms with Crippen LogP contribution >= 0.6 is 0 Å². The summed E-state index contributed by atoms with van der Waals surface area (Å²) in [5, 5.41) is 3.81. The second-order valence-corrected chi connectivity index (χ2v) is 5.79. The summed E-state index contributed by atoms with van der Waals surface area (Å²) in [6.07, 6.45) is 8.31. The standard InChI is InChI=1S/C14H29N/c1-5-11(2)9-13(4)15-14-8-6-7-12(3)10-14/h11-15H,5-10H2,1-4H3. The van der Waals surface area contributed by atoms with Crippen molar-refractivity contribution in [2.24, 2.45) is 11.8 Å². The van der Waals surface area contributed by atoms with Crippen molar-refractivity contribution >= 4 is 0 Å². The van der Waals surface area contributed by atoms with E-state index in [2.05, 4.69) is 33.0 Å². The molecule has 0 bridgehead atoms. The first kappa shape index (κ1) is 13.0. The van der Waals surface area contributed by atoms with E-state index in [-0.39, 0.29) is 0 Å². The van der Waals surface area contributed by atoms with Crippen LogP contribution in [0.4, 0.5) is 0 Å². The summed E-state index contributed by atoms with van der Waals surface area (Å²) < 4.78 is 0. The van der Waals surface area contributed by atoms with E-state index in [0.29, 0.717) is 6.04 Å². The van der Waals surface area contributed by atoms with Gasteiger partial charge in [0.05, 0.1) is 0 Å². The first-order chi connectivity index (χ1) is 7.11. The molecule has 0 aliphatic heterocycles. The molecule has 1 aliphatic rings. The van der Waals surface area contributed by atoms with Gasteiger partial charge in [-0.25, -0.2) is 0 Å². The third-order valence-corrected chi connectivity index (χ3v) is 3.91. The second-order valence-electron chi connectivity index (χ2n) is 5.79. The molecule has 4 unspecified atom stereocenters. The topological polar surface area (TPSA) is 12.0 Å². The molecule has 0 amide bonds. The third-order valence-electron chi connectivity index (χ3n) is 3.91. The first-order valence-electron chi connectivity index (χ1n) is 6.87. The van der Waals surface area contributed by atoms with Gasteiger partial charge >= 0.3 is 0 Å².